The fourth-order valence-electron chi connectivity index (χ4n) is 6.61. The lowest BCUT2D eigenvalue weighted by atomic mass is 9.76. The first-order valence-electron chi connectivity index (χ1n) is 17.6. The number of piperidine rings is 1. The predicted molar refractivity (Wildman–Crippen MR) is 205 cm³/mol. The Kier molecular flexibility index (Phi) is 10.3. The van der Waals surface area contributed by atoms with Crippen molar-refractivity contribution in [2.45, 2.75) is 65.7 Å². The van der Waals surface area contributed by atoms with Gasteiger partial charge in [-0.2, -0.15) is 5.10 Å². The third-order valence-corrected chi connectivity index (χ3v) is 9.45. The number of aromatic nitrogens is 4. The van der Waals surface area contributed by atoms with E-state index in [1.807, 2.05) is 118 Å². The summed E-state index contributed by atoms with van der Waals surface area (Å²) in [6.45, 7) is 14.0. The van der Waals surface area contributed by atoms with Crippen LogP contribution in [0.3, 0.4) is 0 Å². The molecular weight excluding hydrogens is 637 g/mol. The fourth-order valence-corrected chi connectivity index (χ4v) is 6.61. The van der Waals surface area contributed by atoms with Crippen LogP contribution in [0.15, 0.2) is 84.9 Å². The number of urea groups is 1. The standard InChI is InChI=1S/C41H48N8O2/c1-26-11-17-33(18-12-26)49-36(25-35(47-49)41(4,5)6)46-40(51)45-32-15-13-29(14-16-32)37(30-19-21-42-22-20-30)38(50)31-9-8-10-34(24-31)48(7)39-43-27(2)23-28(3)44-39/h8-18,23-25,30,37,42H,19-22H2,1-7H3,(H2,45,46,51). The highest BCUT2D eigenvalue weighted by Gasteiger charge is 2.32. The highest BCUT2D eigenvalue weighted by Crippen LogP contribution is 2.36. The number of rotatable bonds is 9. The summed E-state index contributed by atoms with van der Waals surface area (Å²) in [7, 11) is 1.92. The number of nitrogens with one attached hydrogen (secondary N) is 3. The molecule has 0 saturated carbocycles. The summed E-state index contributed by atoms with van der Waals surface area (Å²) in [6.07, 6.45) is 1.81. The number of amides is 2. The second-order valence-corrected chi connectivity index (χ2v) is 14.6. The van der Waals surface area contributed by atoms with Gasteiger partial charge in [-0.25, -0.2) is 19.4 Å². The normalized spacial score (nSPS) is 14.2. The molecule has 10 heteroatoms. The van der Waals surface area contributed by atoms with E-state index in [1.54, 1.807) is 4.68 Å². The van der Waals surface area contributed by atoms with Crippen LogP contribution >= 0.6 is 0 Å². The maximum atomic E-state index is 14.4. The SMILES string of the molecule is Cc1ccc(-n2nc(C(C)(C)C)cc2NC(=O)Nc2ccc(C(C(=O)c3cccc(N(C)c4nc(C)cc(C)n4)c3)C3CCNCC3)cc2)cc1. The van der Waals surface area contributed by atoms with Crippen molar-refractivity contribution in [3.05, 3.63) is 119 Å². The fraction of sp³-hybridized carbons (Fsp3) is 0.341. The molecule has 1 saturated heterocycles. The summed E-state index contributed by atoms with van der Waals surface area (Å²) in [5.74, 6) is 1.10. The lowest BCUT2D eigenvalue weighted by molar-refractivity contribution is 0.0916. The average Bonchev–Trinajstić information content (AvgIpc) is 3.53. The smallest absolute Gasteiger partial charge is 0.317 e. The predicted octanol–water partition coefficient (Wildman–Crippen LogP) is 8.26. The van der Waals surface area contributed by atoms with Crippen molar-refractivity contribution >= 4 is 35.0 Å². The van der Waals surface area contributed by atoms with Gasteiger partial charge >= 0.3 is 6.03 Å². The molecule has 2 amide bonds. The van der Waals surface area contributed by atoms with Gasteiger partial charge in [-0.05, 0) is 101 Å². The van der Waals surface area contributed by atoms with Gasteiger partial charge in [-0.3, -0.25) is 10.1 Å². The second kappa shape index (κ2) is 14.9. The Morgan fingerprint density at radius 2 is 1.53 bits per heavy atom. The Morgan fingerprint density at radius 3 is 2.18 bits per heavy atom. The van der Waals surface area contributed by atoms with Gasteiger partial charge in [0.25, 0.3) is 0 Å². The summed E-state index contributed by atoms with van der Waals surface area (Å²) in [6, 6.07) is 26.9. The maximum Gasteiger partial charge on any atom is 0.324 e. The maximum absolute atomic E-state index is 14.4. The monoisotopic (exact) mass is 684 g/mol. The number of ketones is 1. The zero-order valence-corrected chi connectivity index (χ0v) is 30.6. The molecule has 1 unspecified atom stereocenters. The third-order valence-electron chi connectivity index (χ3n) is 9.45. The van der Waals surface area contributed by atoms with Gasteiger partial charge in [0.15, 0.2) is 5.78 Å². The minimum atomic E-state index is -0.379. The van der Waals surface area contributed by atoms with Crippen LogP contribution in [0.25, 0.3) is 5.69 Å². The van der Waals surface area contributed by atoms with E-state index in [0.29, 0.717) is 23.0 Å². The molecule has 0 radical (unpaired) electrons. The van der Waals surface area contributed by atoms with Gasteiger partial charge in [0, 0.05) is 46.9 Å². The molecule has 3 aromatic carbocycles. The molecular formula is C41H48N8O2. The second-order valence-electron chi connectivity index (χ2n) is 14.6. The molecule has 1 fully saturated rings. The van der Waals surface area contributed by atoms with Crippen molar-refractivity contribution in [2.75, 3.05) is 35.7 Å². The van der Waals surface area contributed by atoms with E-state index in [4.69, 9.17) is 5.10 Å². The van der Waals surface area contributed by atoms with E-state index in [2.05, 4.69) is 46.7 Å². The van der Waals surface area contributed by atoms with Crippen LogP contribution in [0.5, 0.6) is 0 Å². The average molecular weight is 685 g/mol. The van der Waals surface area contributed by atoms with E-state index in [-0.39, 0.29) is 29.1 Å². The Labute approximate surface area is 300 Å². The van der Waals surface area contributed by atoms with Crippen LogP contribution in [-0.4, -0.2) is 51.7 Å². The Morgan fingerprint density at radius 1 is 0.863 bits per heavy atom. The largest absolute Gasteiger partial charge is 0.324 e. The van der Waals surface area contributed by atoms with Crippen LogP contribution in [-0.2, 0) is 5.41 Å². The van der Waals surface area contributed by atoms with Crippen LogP contribution in [0, 0.1) is 26.7 Å². The van der Waals surface area contributed by atoms with Crippen LogP contribution in [0.2, 0.25) is 0 Å². The zero-order valence-electron chi connectivity index (χ0n) is 30.6. The molecule has 264 valence electrons. The summed E-state index contributed by atoms with van der Waals surface area (Å²) in [4.78, 5) is 38.9. The van der Waals surface area contributed by atoms with Crippen molar-refractivity contribution in [3.8, 4) is 5.69 Å². The molecule has 0 spiro atoms. The number of benzene rings is 3. The molecule has 1 atom stereocenters. The lowest BCUT2D eigenvalue weighted by Crippen LogP contribution is -2.33. The summed E-state index contributed by atoms with van der Waals surface area (Å²) in [5, 5.41) is 14.2. The molecule has 2 aromatic heterocycles. The first kappa shape index (κ1) is 35.5. The highest BCUT2D eigenvalue weighted by molar-refractivity contribution is 6.02. The quantitative estimate of drug-likeness (QED) is 0.134. The van der Waals surface area contributed by atoms with Gasteiger partial charge in [-0.15, -0.1) is 0 Å². The molecule has 3 N–H and O–H groups in total. The van der Waals surface area contributed by atoms with Gasteiger partial charge < -0.3 is 15.5 Å². The van der Waals surface area contributed by atoms with Gasteiger partial charge in [0.05, 0.1) is 17.3 Å². The Balaban J connectivity index is 1.22. The molecule has 10 nitrogen and oxygen atoms in total. The summed E-state index contributed by atoms with van der Waals surface area (Å²) >= 11 is 0. The van der Waals surface area contributed by atoms with Gasteiger partial charge in [0.1, 0.15) is 5.82 Å². The molecule has 1 aliphatic heterocycles. The van der Waals surface area contributed by atoms with Gasteiger partial charge in [0.2, 0.25) is 5.95 Å². The molecule has 3 heterocycles. The van der Waals surface area contributed by atoms with E-state index in [0.717, 1.165) is 65.5 Å². The van der Waals surface area contributed by atoms with Crippen LogP contribution in [0.4, 0.5) is 27.9 Å². The van der Waals surface area contributed by atoms with Crippen molar-refractivity contribution < 1.29 is 9.59 Å². The number of carbonyl (C=O) groups excluding carboxylic acids is 2. The number of nitrogens with zero attached hydrogens (tertiary/aromatic N) is 5. The van der Waals surface area contributed by atoms with Gasteiger partial charge in [-0.1, -0.05) is 62.7 Å². The highest BCUT2D eigenvalue weighted by atomic mass is 16.2. The van der Waals surface area contributed by atoms with E-state index in [9.17, 15) is 9.59 Å². The number of hydrogen-bond acceptors (Lipinski definition) is 7. The molecule has 5 aromatic rings. The Hall–Kier alpha value is -5.35. The zero-order chi connectivity index (χ0) is 36.3. The summed E-state index contributed by atoms with van der Waals surface area (Å²) in [5.41, 5.74) is 7.50. The molecule has 0 aliphatic carbocycles. The first-order chi connectivity index (χ1) is 24.4. The van der Waals surface area contributed by atoms with Crippen molar-refractivity contribution in [1.29, 1.82) is 0 Å². The van der Waals surface area contributed by atoms with Crippen molar-refractivity contribution in [1.82, 2.24) is 25.1 Å². The number of carbonyl (C=O) groups is 2. The number of Topliss-reactive ketones (excluding diaryl/α,β-unsaturated/α-hetero) is 1. The molecule has 0 bridgehead atoms. The van der Waals surface area contributed by atoms with Crippen molar-refractivity contribution in [2.24, 2.45) is 5.92 Å². The minimum absolute atomic E-state index is 0.0796. The van der Waals surface area contributed by atoms with E-state index < -0.39 is 0 Å². The van der Waals surface area contributed by atoms with Crippen LogP contribution < -0.4 is 20.9 Å². The van der Waals surface area contributed by atoms with E-state index >= 15 is 0 Å². The lowest BCUT2D eigenvalue weighted by Gasteiger charge is -2.30. The molecule has 51 heavy (non-hydrogen) atoms. The van der Waals surface area contributed by atoms with Crippen molar-refractivity contribution in [3.63, 3.8) is 0 Å². The number of aryl methyl sites for hydroxylation is 3. The summed E-state index contributed by atoms with van der Waals surface area (Å²) < 4.78 is 1.76. The third kappa shape index (κ3) is 8.35. The number of anilines is 4. The topological polar surface area (TPSA) is 117 Å². The molecule has 1 aliphatic rings. The first-order valence-corrected chi connectivity index (χ1v) is 17.6. The van der Waals surface area contributed by atoms with E-state index in [1.165, 1.54) is 0 Å². The molecule has 6 rings (SSSR count). The number of hydrogen-bond donors (Lipinski definition) is 3. The van der Waals surface area contributed by atoms with Crippen LogP contribution in [0.1, 0.15) is 78.1 Å². The Bertz CT molecular complexity index is 1980. The minimum Gasteiger partial charge on any atom is -0.317 e.